The van der Waals surface area contributed by atoms with Gasteiger partial charge in [0.2, 0.25) is 5.91 Å². The van der Waals surface area contributed by atoms with Gasteiger partial charge in [-0.2, -0.15) is 0 Å². The quantitative estimate of drug-likeness (QED) is 0.626. The second-order valence-corrected chi connectivity index (χ2v) is 5.89. The molecule has 0 aliphatic heterocycles. The molecule has 1 amide bonds. The Morgan fingerprint density at radius 3 is 2.08 bits per heavy atom. The minimum absolute atomic E-state index is 0.0844. The average molecular weight is 346 g/mol. The lowest BCUT2D eigenvalue weighted by Crippen LogP contribution is -2.21. The van der Waals surface area contributed by atoms with E-state index >= 15 is 0 Å². The second kappa shape index (κ2) is 8.72. The van der Waals surface area contributed by atoms with Crippen LogP contribution in [0.2, 0.25) is 0 Å². The monoisotopic (exact) mass is 346 g/mol. The van der Waals surface area contributed by atoms with E-state index in [1.165, 1.54) is 5.56 Å². The molecule has 0 aliphatic carbocycles. The predicted molar refractivity (Wildman–Crippen MR) is 106 cm³/mol. The van der Waals surface area contributed by atoms with Crippen LogP contribution in [0, 0.1) is 0 Å². The third kappa shape index (κ3) is 5.11. The molecule has 0 unspecified atom stereocenters. The first-order valence-electron chi connectivity index (χ1n) is 8.68. The minimum Gasteiger partial charge on any atom is -0.457 e. The fraction of sp³-hybridized carbons (Fsp3) is 0.136. The molecule has 132 valence electrons. The van der Waals surface area contributed by atoms with E-state index in [-0.39, 0.29) is 12.5 Å². The maximum absolute atomic E-state index is 12.1. The van der Waals surface area contributed by atoms with E-state index in [0.29, 0.717) is 0 Å². The molecular weight excluding hydrogens is 324 g/mol. The molecule has 0 fully saturated rings. The van der Waals surface area contributed by atoms with Crippen LogP contribution in [0.15, 0.2) is 78.9 Å². The Kier molecular flexibility index (Phi) is 5.88. The highest BCUT2D eigenvalue weighted by Gasteiger charge is 2.03. The van der Waals surface area contributed by atoms with Crippen LogP contribution in [-0.2, 0) is 11.2 Å². The van der Waals surface area contributed by atoms with E-state index in [1.54, 1.807) is 0 Å². The summed E-state index contributed by atoms with van der Waals surface area (Å²) in [6.07, 6.45) is 0.986. The van der Waals surface area contributed by atoms with Gasteiger partial charge < -0.3 is 15.4 Å². The van der Waals surface area contributed by atoms with E-state index < -0.39 is 0 Å². The van der Waals surface area contributed by atoms with Gasteiger partial charge in [-0.1, -0.05) is 37.3 Å². The van der Waals surface area contributed by atoms with Crippen LogP contribution in [0.25, 0.3) is 0 Å². The normalized spacial score (nSPS) is 10.2. The largest absolute Gasteiger partial charge is 0.457 e. The third-order valence-corrected chi connectivity index (χ3v) is 3.93. The molecule has 4 heteroatoms. The maximum atomic E-state index is 12.1. The third-order valence-electron chi connectivity index (χ3n) is 3.93. The van der Waals surface area contributed by atoms with Crippen molar-refractivity contribution >= 4 is 17.3 Å². The van der Waals surface area contributed by atoms with Crippen molar-refractivity contribution in [1.82, 2.24) is 0 Å². The van der Waals surface area contributed by atoms with Gasteiger partial charge in [-0.25, -0.2) is 0 Å². The fourth-order valence-electron chi connectivity index (χ4n) is 2.48. The van der Waals surface area contributed by atoms with Crippen molar-refractivity contribution in [3.63, 3.8) is 0 Å². The molecule has 3 aromatic carbocycles. The van der Waals surface area contributed by atoms with Gasteiger partial charge in [0.05, 0.1) is 6.54 Å². The first-order chi connectivity index (χ1) is 12.7. The Hall–Kier alpha value is -3.27. The number of hydrogen-bond acceptors (Lipinski definition) is 3. The molecule has 0 spiro atoms. The van der Waals surface area contributed by atoms with Crippen LogP contribution in [-0.4, -0.2) is 12.5 Å². The molecule has 0 atom stereocenters. The number of rotatable bonds is 7. The topological polar surface area (TPSA) is 50.4 Å². The summed E-state index contributed by atoms with van der Waals surface area (Å²) in [4.78, 5) is 12.1. The Morgan fingerprint density at radius 2 is 1.42 bits per heavy atom. The zero-order valence-corrected chi connectivity index (χ0v) is 14.7. The van der Waals surface area contributed by atoms with Crippen molar-refractivity contribution in [1.29, 1.82) is 0 Å². The van der Waals surface area contributed by atoms with Gasteiger partial charge in [0.1, 0.15) is 11.5 Å². The molecule has 0 aromatic heterocycles. The van der Waals surface area contributed by atoms with Crippen LogP contribution in [0.4, 0.5) is 11.4 Å². The van der Waals surface area contributed by atoms with E-state index in [1.807, 2.05) is 78.9 Å². The standard InChI is InChI=1S/C22H22N2O2/c1-2-17-8-10-19(11-9-17)24-22(25)16-23-18-12-14-21(15-13-18)26-20-6-4-3-5-7-20/h3-15,23H,2,16H2,1H3,(H,24,25). The zero-order valence-electron chi connectivity index (χ0n) is 14.7. The number of para-hydroxylation sites is 1. The number of carbonyl (C=O) groups excluding carboxylic acids is 1. The summed E-state index contributed by atoms with van der Waals surface area (Å²) in [5.41, 5.74) is 2.92. The summed E-state index contributed by atoms with van der Waals surface area (Å²) in [5.74, 6) is 1.46. The summed E-state index contributed by atoms with van der Waals surface area (Å²) in [6.45, 7) is 2.31. The highest BCUT2D eigenvalue weighted by atomic mass is 16.5. The van der Waals surface area contributed by atoms with Crippen LogP contribution in [0.1, 0.15) is 12.5 Å². The first-order valence-corrected chi connectivity index (χ1v) is 8.68. The first kappa shape index (κ1) is 17.5. The number of ether oxygens (including phenoxy) is 1. The van der Waals surface area contributed by atoms with E-state index in [2.05, 4.69) is 17.6 Å². The van der Waals surface area contributed by atoms with Crippen LogP contribution in [0.3, 0.4) is 0 Å². The minimum atomic E-state index is -0.0844. The van der Waals surface area contributed by atoms with Crippen molar-refractivity contribution in [3.05, 3.63) is 84.4 Å². The number of hydrogen-bond donors (Lipinski definition) is 2. The lowest BCUT2D eigenvalue weighted by molar-refractivity contribution is -0.114. The summed E-state index contributed by atoms with van der Waals surface area (Å²) >= 11 is 0. The maximum Gasteiger partial charge on any atom is 0.243 e. The van der Waals surface area contributed by atoms with Gasteiger partial charge in [0, 0.05) is 11.4 Å². The summed E-state index contributed by atoms with van der Waals surface area (Å²) in [5, 5.41) is 5.99. The summed E-state index contributed by atoms with van der Waals surface area (Å²) in [7, 11) is 0. The molecule has 0 saturated carbocycles. The van der Waals surface area contributed by atoms with Crippen molar-refractivity contribution in [2.45, 2.75) is 13.3 Å². The zero-order chi connectivity index (χ0) is 18.2. The van der Waals surface area contributed by atoms with Crippen LogP contribution >= 0.6 is 0 Å². The highest BCUT2D eigenvalue weighted by Crippen LogP contribution is 2.22. The number of carbonyl (C=O) groups is 1. The molecule has 26 heavy (non-hydrogen) atoms. The Morgan fingerprint density at radius 1 is 0.808 bits per heavy atom. The molecule has 0 saturated heterocycles. The number of anilines is 2. The molecule has 3 aromatic rings. The fourth-order valence-corrected chi connectivity index (χ4v) is 2.48. The number of aryl methyl sites for hydroxylation is 1. The smallest absolute Gasteiger partial charge is 0.243 e. The Balaban J connectivity index is 1.48. The Labute approximate surface area is 153 Å². The number of benzene rings is 3. The molecule has 0 radical (unpaired) electrons. The van der Waals surface area contributed by atoms with E-state index in [4.69, 9.17) is 4.74 Å². The van der Waals surface area contributed by atoms with Gasteiger partial charge in [-0.05, 0) is 60.5 Å². The van der Waals surface area contributed by atoms with E-state index in [0.717, 1.165) is 29.3 Å². The SMILES string of the molecule is CCc1ccc(NC(=O)CNc2ccc(Oc3ccccc3)cc2)cc1. The predicted octanol–water partition coefficient (Wildman–Crippen LogP) is 5.09. The molecule has 3 rings (SSSR count). The van der Waals surface area contributed by atoms with Crippen molar-refractivity contribution in [2.75, 3.05) is 17.2 Å². The molecule has 2 N–H and O–H groups in total. The highest BCUT2D eigenvalue weighted by molar-refractivity contribution is 5.93. The second-order valence-electron chi connectivity index (χ2n) is 5.89. The van der Waals surface area contributed by atoms with Gasteiger partial charge in [0.15, 0.2) is 0 Å². The van der Waals surface area contributed by atoms with Crippen LogP contribution < -0.4 is 15.4 Å². The van der Waals surface area contributed by atoms with Gasteiger partial charge in [-0.3, -0.25) is 4.79 Å². The number of amides is 1. The van der Waals surface area contributed by atoms with Crippen molar-refractivity contribution in [3.8, 4) is 11.5 Å². The van der Waals surface area contributed by atoms with Gasteiger partial charge in [0.25, 0.3) is 0 Å². The molecule has 0 aliphatic rings. The molecule has 0 bridgehead atoms. The molecular formula is C22H22N2O2. The Bertz CT molecular complexity index is 828. The summed E-state index contributed by atoms with van der Waals surface area (Å²) in [6, 6.07) is 25.0. The van der Waals surface area contributed by atoms with Gasteiger partial charge in [-0.15, -0.1) is 0 Å². The summed E-state index contributed by atoms with van der Waals surface area (Å²) < 4.78 is 5.75. The molecule has 0 heterocycles. The lowest BCUT2D eigenvalue weighted by Gasteiger charge is -2.10. The van der Waals surface area contributed by atoms with Crippen molar-refractivity contribution in [2.24, 2.45) is 0 Å². The average Bonchev–Trinajstić information content (AvgIpc) is 2.69. The lowest BCUT2D eigenvalue weighted by atomic mass is 10.1. The molecule has 4 nitrogen and oxygen atoms in total. The van der Waals surface area contributed by atoms with E-state index in [9.17, 15) is 4.79 Å². The van der Waals surface area contributed by atoms with Gasteiger partial charge >= 0.3 is 0 Å². The van der Waals surface area contributed by atoms with Crippen molar-refractivity contribution < 1.29 is 9.53 Å². The van der Waals surface area contributed by atoms with Crippen LogP contribution in [0.5, 0.6) is 11.5 Å². The number of nitrogens with one attached hydrogen (secondary N) is 2.